The molecule has 1 saturated heterocycles. The molecule has 1 aromatic carbocycles. The molecule has 3 rings (SSSR count). The first-order valence-electron chi connectivity index (χ1n) is 8.84. The Balaban J connectivity index is 1.44. The average Bonchev–Trinajstić information content (AvgIpc) is 3.13. The quantitative estimate of drug-likeness (QED) is 0.830. The average molecular weight is 373 g/mol. The van der Waals surface area contributed by atoms with Crippen molar-refractivity contribution in [3.05, 3.63) is 41.8 Å². The number of amides is 2. The molecule has 144 valence electrons. The Kier molecular flexibility index (Phi) is 5.95. The predicted molar refractivity (Wildman–Crippen MR) is 96.8 cm³/mol. The fourth-order valence-corrected chi connectivity index (χ4v) is 2.97. The third-order valence-corrected chi connectivity index (χ3v) is 4.46. The number of benzene rings is 1. The van der Waals surface area contributed by atoms with E-state index in [1.807, 2.05) is 12.1 Å². The van der Waals surface area contributed by atoms with E-state index in [2.05, 4.69) is 10.5 Å². The van der Waals surface area contributed by atoms with Crippen molar-refractivity contribution >= 4 is 11.8 Å². The van der Waals surface area contributed by atoms with Crippen LogP contribution in [0.3, 0.4) is 0 Å². The highest BCUT2D eigenvalue weighted by Crippen LogP contribution is 2.25. The van der Waals surface area contributed by atoms with Gasteiger partial charge in [0.25, 0.3) is 11.8 Å². The molecule has 0 radical (unpaired) electrons. The molecule has 8 heteroatoms. The van der Waals surface area contributed by atoms with Crippen LogP contribution in [0.2, 0.25) is 0 Å². The van der Waals surface area contributed by atoms with E-state index in [9.17, 15) is 9.59 Å². The number of ether oxygens (including phenoxy) is 2. The van der Waals surface area contributed by atoms with Crippen LogP contribution in [0.1, 0.15) is 29.1 Å². The first-order valence-corrected chi connectivity index (χ1v) is 8.84. The van der Waals surface area contributed by atoms with Crippen molar-refractivity contribution in [1.82, 2.24) is 15.4 Å². The molecule has 0 unspecified atom stereocenters. The zero-order valence-electron chi connectivity index (χ0n) is 15.4. The number of methoxy groups -OCH3 is 1. The number of piperidine rings is 1. The zero-order valence-corrected chi connectivity index (χ0v) is 15.4. The second kappa shape index (κ2) is 8.57. The molecule has 1 aliphatic heterocycles. The lowest BCUT2D eigenvalue weighted by Crippen LogP contribution is -2.47. The summed E-state index contributed by atoms with van der Waals surface area (Å²) in [6.45, 7) is 2.82. The summed E-state index contributed by atoms with van der Waals surface area (Å²) in [5, 5.41) is 6.65. The Morgan fingerprint density at radius 3 is 2.59 bits per heavy atom. The van der Waals surface area contributed by atoms with Gasteiger partial charge in [-0.25, -0.2) is 0 Å². The largest absolute Gasteiger partial charge is 0.493 e. The van der Waals surface area contributed by atoms with Crippen LogP contribution in [0.25, 0.3) is 0 Å². The Labute approximate surface area is 157 Å². The number of carbonyl (C=O) groups excluding carboxylic acids is 2. The van der Waals surface area contributed by atoms with Crippen LogP contribution < -0.4 is 14.8 Å². The second-order valence-corrected chi connectivity index (χ2v) is 6.39. The highest BCUT2D eigenvalue weighted by atomic mass is 16.5. The molecule has 0 spiro atoms. The lowest BCUT2D eigenvalue weighted by molar-refractivity contribution is -0.134. The lowest BCUT2D eigenvalue weighted by atomic mass is 10.0. The molecule has 1 aromatic heterocycles. The fraction of sp³-hybridized carbons (Fsp3) is 0.421. The van der Waals surface area contributed by atoms with Crippen molar-refractivity contribution in [2.75, 3.05) is 26.8 Å². The van der Waals surface area contributed by atoms with Gasteiger partial charge in [0, 0.05) is 25.2 Å². The van der Waals surface area contributed by atoms with Gasteiger partial charge in [0.2, 0.25) is 0 Å². The molecule has 8 nitrogen and oxygen atoms in total. The lowest BCUT2D eigenvalue weighted by Gasteiger charge is -2.32. The minimum absolute atomic E-state index is 0.00805. The van der Waals surface area contributed by atoms with Crippen LogP contribution >= 0.6 is 0 Å². The van der Waals surface area contributed by atoms with E-state index < -0.39 is 0 Å². The minimum Gasteiger partial charge on any atom is -0.493 e. The Morgan fingerprint density at radius 2 is 1.96 bits per heavy atom. The highest BCUT2D eigenvalue weighted by Gasteiger charge is 2.25. The number of aromatic nitrogens is 1. The van der Waals surface area contributed by atoms with Crippen molar-refractivity contribution in [1.29, 1.82) is 0 Å². The third kappa shape index (κ3) is 4.78. The second-order valence-electron chi connectivity index (χ2n) is 6.39. The number of nitrogens with zero attached hydrogens (tertiary/aromatic N) is 2. The molecule has 2 aromatic rings. The molecule has 0 atom stereocenters. The molecule has 2 amide bonds. The first kappa shape index (κ1) is 18.8. The molecular weight excluding hydrogens is 350 g/mol. The highest BCUT2D eigenvalue weighted by molar-refractivity contribution is 5.92. The van der Waals surface area contributed by atoms with E-state index in [0.717, 1.165) is 0 Å². The minimum atomic E-state index is -0.254. The van der Waals surface area contributed by atoms with Crippen molar-refractivity contribution in [2.24, 2.45) is 0 Å². The number of hydrogen-bond acceptors (Lipinski definition) is 6. The van der Waals surface area contributed by atoms with Gasteiger partial charge < -0.3 is 24.2 Å². The van der Waals surface area contributed by atoms with Gasteiger partial charge >= 0.3 is 0 Å². The van der Waals surface area contributed by atoms with Crippen LogP contribution in [-0.2, 0) is 4.79 Å². The summed E-state index contributed by atoms with van der Waals surface area (Å²) < 4.78 is 15.7. The number of para-hydroxylation sites is 2. The van der Waals surface area contributed by atoms with Crippen LogP contribution in [0.4, 0.5) is 0 Å². The number of nitrogens with one attached hydrogen (secondary N) is 1. The molecule has 1 fully saturated rings. The topological polar surface area (TPSA) is 93.9 Å². The molecule has 0 bridgehead atoms. The van der Waals surface area contributed by atoms with Gasteiger partial charge in [-0.3, -0.25) is 9.59 Å². The summed E-state index contributed by atoms with van der Waals surface area (Å²) in [6, 6.07) is 8.82. The first-order chi connectivity index (χ1) is 13.1. The normalized spacial score (nSPS) is 14.7. The van der Waals surface area contributed by atoms with Crippen LogP contribution in [0.5, 0.6) is 11.5 Å². The molecule has 2 heterocycles. The van der Waals surface area contributed by atoms with Gasteiger partial charge in [-0.1, -0.05) is 17.3 Å². The number of rotatable bonds is 6. The molecule has 0 aliphatic carbocycles. The van der Waals surface area contributed by atoms with E-state index in [1.165, 1.54) is 0 Å². The van der Waals surface area contributed by atoms with Gasteiger partial charge in [-0.2, -0.15) is 0 Å². The van der Waals surface area contributed by atoms with Gasteiger partial charge in [-0.15, -0.1) is 0 Å². The smallest absolute Gasteiger partial charge is 0.273 e. The maximum atomic E-state index is 12.4. The third-order valence-electron chi connectivity index (χ3n) is 4.46. The molecule has 0 saturated carbocycles. The van der Waals surface area contributed by atoms with Gasteiger partial charge in [0.05, 0.1) is 7.11 Å². The summed E-state index contributed by atoms with van der Waals surface area (Å²) in [5.74, 6) is 1.39. The maximum Gasteiger partial charge on any atom is 0.273 e. The number of carbonyl (C=O) groups is 2. The van der Waals surface area contributed by atoms with Crippen molar-refractivity contribution < 1.29 is 23.6 Å². The predicted octanol–water partition coefficient (Wildman–Crippen LogP) is 1.79. The van der Waals surface area contributed by atoms with Gasteiger partial charge in [0.1, 0.15) is 5.76 Å². The fourth-order valence-electron chi connectivity index (χ4n) is 2.97. The summed E-state index contributed by atoms with van der Waals surface area (Å²) >= 11 is 0. The standard InChI is InChI=1S/C19H23N3O5/c1-13-11-15(21-27-13)19(24)20-14-7-9-22(10-8-14)18(23)12-26-17-6-4-3-5-16(17)25-2/h3-6,11,14H,7-10,12H2,1-2H3,(H,20,24). The van der Waals surface area contributed by atoms with Crippen LogP contribution in [-0.4, -0.2) is 54.7 Å². The summed E-state index contributed by atoms with van der Waals surface area (Å²) in [7, 11) is 1.56. The Morgan fingerprint density at radius 1 is 1.26 bits per heavy atom. The van der Waals surface area contributed by atoms with Gasteiger partial charge in [0.15, 0.2) is 23.8 Å². The van der Waals surface area contributed by atoms with Crippen molar-refractivity contribution in [3.8, 4) is 11.5 Å². The zero-order chi connectivity index (χ0) is 19.2. The van der Waals surface area contributed by atoms with E-state index in [0.29, 0.717) is 43.2 Å². The van der Waals surface area contributed by atoms with E-state index in [4.69, 9.17) is 14.0 Å². The van der Waals surface area contributed by atoms with Gasteiger partial charge in [-0.05, 0) is 31.9 Å². The summed E-state index contributed by atoms with van der Waals surface area (Å²) in [6.07, 6.45) is 1.37. The molecule has 1 aliphatic rings. The summed E-state index contributed by atoms with van der Waals surface area (Å²) in [4.78, 5) is 26.2. The number of likely N-dealkylation sites (tertiary alicyclic amines) is 1. The van der Waals surface area contributed by atoms with Crippen molar-refractivity contribution in [2.45, 2.75) is 25.8 Å². The van der Waals surface area contributed by atoms with E-state index >= 15 is 0 Å². The Hall–Kier alpha value is -3.03. The van der Waals surface area contributed by atoms with Crippen LogP contribution in [0.15, 0.2) is 34.9 Å². The summed E-state index contributed by atoms with van der Waals surface area (Å²) in [5.41, 5.74) is 0.274. The monoisotopic (exact) mass is 373 g/mol. The van der Waals surface area contributed by atoms with Crippen molar-refractivity contribution in [3.63, 3.8) is 0 Å². The SMILES string of the molecule is COc1ccccc1OCC(=O)N1CCC(NC(=O)c2cc(C)on2)CC1. The van der Waals surface area contributed by atoms with E-state index in [1.54, 1.807) is 37.1 Å². The number of hydrogen-bond donors (Lipinski definition) is 1. The Bertz CT molecular complexity index is 796. The van der Waals surface area contributed by atoms with Crippen LogP contribution in [0, 0.1) is 6.92 Å². The maximum absolute atomic E-state index is 12.4. The van der Waals surface area contributed by atoms with E-state index in [-0.39, 0.29) is 30.2 Å². The number of aryl methyl sites for hydroxylation is 1. The molecule has 27 heavy (non-hydrogen) atoms. The molecule has 1 N–H and O–H groups in total. The molecular formula is C19H23N3O5.